The van der Waals surface area contributed by atoms with Gasteiger partial charge < -0.3 is 0 Å². The van der Waals surface area contributed by atoms with E-state index in [9.17, 15) is 0 Å². The molecule has 136 valence electrons. The van der Waals surface area contributed by atoms with Gasteiger partial charge in [0.2, 0.25) is 0 Å². The van der Waals surface area contributed by atoms with E-state index in [1.165, 1.54) is 77.0 Å². The van der Waals surface area contributed by atoms with Crippen LogP contribution in [0, 0.1) is 28.1 Å². The molecular formula is C23H44. The lowest BCUT2D eigenvalue weighted by atomic mass is 9.54. The SMILES string of the molecule is CCCC1(C)CCCCC(C)(C2CC(CC)C2)CC(C)(CC)C1. The Morgan fingerprint density at radius 2 is 1.48 bits per heavy atom. The number of hydrogen-bond donors (Lipinski definition) is 0. The minimum absolute atomic E-state index is 0.556. The highest BCUT2D eigenvalue weighted by atomic mass is 14.5. The highest BCUT2D eigenvalue weighted by molar-refractivity contribution is 4.97. The molecule has 0 aromatic carbocycles. The Balaban J connectivity index is 2.15. The summed E-state index contributed by atoms with van der Waals surface area (Å²) in [6.45, 7) is 15.1. The van der Waals surface area contributed by atoms with E-state index < -0.39 is 0 Å². The van der Waals surface area contributed by atoms with Crippen molar-refractivity contribution in [1.82, 2.24) is 0 Å². The second kappa shape index (κ2) is 7.49. The molecule has 2 aliphatic carbocycles. The second-order valence-corrected chi connectivity index (χ2v) is 10.4. The first-order chi connectivity index (χ1) is 10.8. The Hall–Kier alpha value is 0. The fourth-order valence-corrected chi connectivity index (χ4v) is 6.38. The van der Waals surface area contributed by atoms with Gasteiger partial charge in [-0.25, -0.2) is 0 Å². The average molecular weight is 321 g/mol. The van der Waals surface area contributed by atoms with Crippen molar-refractivity contribution in [2.75, 3.05) is 0 Å². The van der Waals surface area contributed by atoms with Crippen LogP contribution in [-0.4, -0.2) is 0 Å². The van der Waals surface area contributed by atoms with Gasteiger partial charge in [0.1, 0.15) is 0 Å². The van der Waals surface area contributed by atoms with Crippen LogP contribution in [0.25, 0.3) is 0 Å². The molecule has 0 spiro atoms. The average Bonchev–Trinajstić information content (AvgIpc) is 2.46. The van der Waals surface area contributed by atoms with Gasteiger partial charge >= 0.3 is 0 Å². The van der Waals surface area contributed by atoms with Gasteiger partial charge in [0.05, 0.1) is 0 Å². The molecule has 2 fully saturated rings. The van der Waals surface area contributed by atoms with Crippen molar-refractivity contribution in [2.24, 2.45) is 28.1 Å². The van der Waals surface area contributed by atoms with Crippen molar-refractivity contribution >= 4 is 0 Å². The molecule has 2 saturated carbocycles. The minimum Gasteiger partial charge on any atom is -0.0654 e. The predicted octanol–water partition coefficient (Wildman–Crippen LogP) is 8.01. The first kappa shape index (κ1) is 19.3. The largest absolute Gasteiger partial charge is 0.0654 e. The van der Waals surface area contributed by atoms with Crippen molar-refractivity contribution in [3.05, 3.63) is 0 Å². The van der Waals surface area contributed by atoms with Crippen molar-refractivity contribution in [2.45, 2.75) is 119 Å². The molecule has 3 unspecified atom stereocenters. The third-order valence-electron chi connectivity index (χ3n) is 7.97. The lowest BCUT2D eigenvalue weighted by Gasteiger charge is -2.51. The summed E-state index contributed by atoms with van der Waals surface area (Å²) in [5, 5.41) is 0. The van der Waals surface area contributed by atoms with Gasteiger partial charge in [0.15, 0.2) is 0 Å². The van der Waals surface area contributed by atoms with Crippen molar-refractivity contribution in [3.63, 3.8) is 0 Å². The fourth-order valence-electron chi connectivity index (χ4n) is 6.38. The van der Waals surface area contributed by atoms with Gasteiger partial charge in [-0.3, -0.25) is 0 Å². The van der Waals surface area contributed by atoms with Crippen molar-refractivity contribution in [3.8, 4) is 0 Å². The molecule has 2 rings (SSSR count). The first-order valence-electron chi connectivity index (χ1n) is 10.8. The number of hydrogen-bond acceptors (Lipinski definition) is 0. The highest BCUT2D eigenvalue weighted by Crippen LogP contribution is 2.58. The molecule has 0 aliphatic heterocycles. The molecule has 0 amide bonds. The Morgan fingerprint density at radius 1 is 0.826 bits per heavy atom. The maximum atomic E-state index is 2.67. The zero-order valence-corrected chi connectivity index (χ0v) is 17.1. The van der Waals surface area contributed by atoms with Crippen LogP contribution in [0.5, 0.6) is 0 Å². The lowest BCUT2D eigenvalue weighted by Crippen LogP contribution is -2.41. The van der Waals surface area contributed by atoms with Gasteiger partial charge in [-0.1, -0.05) is 73.6 Å². The van der Waals surface area contributed by atoms with Crippen LogP contribution in [0.15, 0.2) is 0 Å². The second-order valence-electron chi connectivity index (χ2n) is 10.4. The molecule has 0 bridgehead atoms. The van der Waals surface area contributed by atoms with E-state index >= 15 is 0 Å². The fraction of sp³-hybridized carbons (Fsp3) is 1.00. The van der Waals surface area contributed by atoms with Crippen LogP contribution in [-0.2, 0) is 0 Å². The third kappa shape index (κ3) is 4.55. The molecule has 0 radical (unpaired) electrons. The van der Waals surface area contributed by atoms with Gasteiger partial charge in [0.25, 0.3) is 0 Å². The van der Waals surface area contributed by atoms with Gasteiger partial charge in [-0.2, -0.15) is 0 Å². The summed E-state index contributed by atoms with van der Waals surface area (Å²) >= 11 is 0. The summed E-state index contributed by atoms with van der Waals surface area (Å²) < 4.78 is 0. The summed E-state index contributed by atoms with van der Waals surface area (Å²) in [5.41, 5.74) is 1.77. The van der Waals surface area contributed by atoms with E-state index in [0.29, 0.717) is 16.2 Å². The zero-order valence-electron chi connectivity index (χ0n) is 17.1. The molecule has 23 heavy (non-hydrogen) atoms. The molecule has 0 saturated heterocycles. The molecule has 0 nitrogen and oxygen atoms in total. The molecule has 0 heterocycles. The van der Waals surface area contributed by atoms with Crippen LogP contribution >= 0.6 is 0 Å². The molecule has 0 heteroatoms. The maximum Gasteiger partial charge on any atom is -0.0292 e. The molecular weight excluding hydrogens is 276 g/mol. The van der Waals surface area contributed by atoms with E-state index in [0.717, 1.165) is 11.8 Å². The number of rotatable bonds is 5. The van der Waals surface area contributed by atoms with Crippen LogP contribution in [0.4, 0.5) is 0 Å². The highest BCUT2D eigenvalue weighted by Gasteiger charge is 2.47. The zero-order chi connectivity index (χ0) is 17.1. The summed E-state index contributed by atoms with van der Waals surface area (Å²) in [6.07, 6.45) is 17.5. The molecule has 0 aromatic rings. The van der Waals surface area contributed by atoms with Gasteiger partial charge in [-0.05, 0) is 73.0 Å². The Labute approximate surface area is 147 Å². The predicted molar refractivity (Wildman–Crippen MR) is 104 cm³/mol. The van der Waals surface area contributed by atoms with Crippen LogP contribution in [0.2, 0.25) is 0 Å². The summed E-state index contributed by atoms with van der Waals surface area (Å²) in [7, 11) is 0. The molecule has 0 aromatic heterocycles. The monoisotopic (exact) mass is 320 g/mol. The smallest absolute Gasteiger partial charge is 0.0292 e. The molecule has 0 N–H and O–H groups in total. The van der Waals surface area contributed by atoms with Crippen LogP contribution in [0.1, 0.15) is 119 Å². The maximum absolute atomic E-state index is 2.67. The van der Waals surface area contributed by atoms with E-state index in [1.54, 1.807) is 0 Å². The van der Waals surface area contributed by atoms with Crippen LogP contribution in [0.3, 0.4) is 0 Å². The first-order valence-corrected chi connectivity index (χ1v) is 10.8. The summed E-state index contributed by atoms with van der Waals surface area (Å²) in [6, 6.07) is 0. The summed E-state index contributed by atoms with van der Waals surface area (Å²) in [5.74, 6) is 2.07. The standard InChI is InChI=1S/C23H44/c1-7-12-22(5)13-10-11-14-23(6,18-21(4,9-3)17-22)20-15-19(8-2)16-20/h19-20H,7-18H2,1-6H3. The van der Waals surface area contributed by atoms with E-state index in [1.807, 2.05) is 0 Å². The Bertz CT molecular complexity index is 366. The molecule has 2 aliphatic rings. The van der Waals surface area contributed by atoms with E-state index in [2.05, 4.69) is 41.5 Å². The Morgan fingerprint density at radius 3 is 2.04 bits per heavy atom. The quantitative estimate of drug-likeness (QED) is 0.481. The van der Waals surface area contributed by atoms with Crippen LogP contribution < -0.4 is 0 Å². The van der Waals surface area contributed by atoms with E-state index in [-0.39, 0.29) is 0 Å². The summed E-state index contributed by atoms with van der Waals surface area (Å²) in [4.78, 5) is 0. The third-order valence-corrected chi connectivity index (χ3v) is 7.97. The minimum atomic E-state index is 0.556. The molecule has 3 atom stereocenters. The normalized spacial score (nSPS) is 45.7. The lowest BCUT2D eigenvalue weighted by molar-refractivity contribution is -0.0102. The Kier molecular flexibility index (Phi) is 6.29. The topological polar surface area (TPSA) is 0 Å². The van der Waals surface area contributed by atoms with Gasteiger partial charge in [0, 0.05) is 0 Å². The van der Waals surface area contributed by atoms with Crippen molar-refractivity contribution in [1.29, 1.82) is 0 Å². The van der Waals surface area contributed by atoms with Crippen molar-refractivity contribution < 1.29 is 0 Å². The van der Waals surface area contributed by atoms with Gasteiger partial charge in [-0.15, -0.1) is 0 Å². The van der Waals surface area contributed by atoms with E-state index in [4.69, 9.17) is 0 Å².